The standard InChI is InChI=1S/C25H29N7O/c1-19-4-2-5-21(16-19)28-24-26-18-27-25(30-24)29-22-6-7-23-20(17-22)8-11-32(23)10-3-9-31-12-14-33-15-13-31/h2,4-8,11,16-18H,3,9-10,12-15H2,1H3,(H2,26,27,28,29,30). The number of anilines is 4. The third-order valence-electron chi connectivity index (χ3n) is 5.85. The summed E-state index contributed by atoms with van der Waals surface area (Å²) in [5.74, 6) is 1.01. The van der Waals surface area contributed by atoms with Crippen molar-refractivity contribution < 1.29 is 4.74 Å². The van der Waals surface area contributed by atoms with Gasteiger partial charge in [0.25, 0.3) is 0 Å². The van der Waals surface area contributed by atoms with E-state index in [0.717, 1.165) is 57.2 Å². The number of ether oxygens (including phenoxy) is 1. The fourth-order valence-electron chi connectivity index (χ4n) is 4.16. The van der Waals surface area contributed by atoms with Crippen LogP contribution in [0.25, 0.3) is 10.9 Å². The molecule has 2 aromatic heterocycles. The molecular weight excluding hydrogens is 414 g/mol. The van der Waals surface area contributed by atoms with Gasteiger partial charge in [-0.2, -0.15) is 4.98 Å². The topological polar surface area (TPSA) is 80.1 Å². The molecule has 170 valence electrons. The summed E-state index contributed by atoms with van der Waals surface area (Å²) in [6.45, 7) is 7.97. The molecule has 2 N–H and O–H groups in total. The van der Waals surface area contributed by atoms with Crippen LogP contribution in [-0.4, -0.2) is 57.3 Å². The molecule has 8 heteroatoms. The second-order valence-corrected chi connectivity index (χ2v) is 8.34. The van der Waals surface area contributed by atoms with E-state index in [9.17, 15) is 0 Å². The first kappa shape index (κ1) is 21.4. The van der Waals surface area contributed by atoms with Crippen molar-refractivity contribution in [3.63, 3.8) is 0 Å². The number of nitrogens with zero attached hydrogens (tertiary/aromatic N) is 5. The summed E-state index contributed by atoms with van der Waals surface area (Å²) in [4.78, 5) is 15.5. The van der Waals surface area contributed by atoms with Gasteiger partial charge in [-0.15, -0.1) is 0 Å². The van der Waals surface area contributed by atoms with E-state index in [2.05, 4.69) is 84.6 Å². The highest BCUT2D eigenvalue weighted by molar-refractivity contribution is 5.84. The van der Waals surface area contributed by atoms with Gasteiger partial charge in [-0.3, -0.25) is 4.90 Å². The molecule has 1 aliphatic rings. The smallest absolute Gasteiger partial charge is 0.232 e. The predicted octanol–water partition coefficient (Wildman–Crippen LogP) is 4.34. The van der Waals surface area contributed by atoms with E-state index in [0.29, 0.717) is 11.9 Å². The van der Waals surface area contributed by atoms with E-state index in [1.54, 1.807) is 0 Å². The van der Waals surface area contributed by atoms with Crippen LogP contribution in [0.2, 0.25) is 0 Å². The van der Waals surface area contributed by atoms with E-state index in [4.69, 9.17) is 4.74 Å². The second kappa shape index (κ2) is 9.97. The van der Waals surface area contributed by atoms with Crippen LogP contribution >= 0.6 is 0 Å². The van der Waals surface area contributed by atoms with E-state index in [1.165, 1.54) is 22.8 Å². The van der Waals surface area contributed by atoms with Gasteiger partial charge in [-0.1, -0.05) is 12.1 Å². The number of morpholine rings is 1. The molecule has 1 saturated heterocycles. The van der Waals surface area contributed by atoms with Gasteiger partial charge in [0.2, 0.25) is 11.9 Å². The average molecular weight is 444 g/mol. The Bertz CT molecular complexity index is 1220. The minimum absolute atomic E-state index is 0.504. The van der Waals surface area contributed by atoms with Gasteiger partial charge in [0.05, 0.1) is 13.2 Å². The molecule has 0 radical (unpaired) electrons. The fourth-order valence-corrected chi connectivity index (χ4v) is 4.16. The SMILES string of the molecule is Cc1cccc(Nc2ncnc(Nc3ccc4c(ccn4CCCN4CCOCC4)c3)n2)c1. The average Bonchev–Trinajstić information content (AvgIpc) is 3.22. The highest BCUT2D eigenvalue weighted by Crippen LogP contribution is 2.23. The summed E-state index contributed by atoms with van der Waals surface area (Å²) >= 11 is 0. The molecule has 0 spiro atoms. The van der Waals surface area contributed by atoms with Gasteiger partial charge >= 0.3 is 0 Å². The van der Waals surface area contributed by atoms with Crippen molar-refractivity contribution in [3.05, 3.63) is 66.6 Å². The maximum absolute atomic E-state index is 5.43. The number of hydrogen-bond acceptors (Lipinski definition) is 7. The Morgan fingerprint density at radius 3 is 2.48 bits per heavy atom. The molecule has 0 aliphatic carbocycles. The number of nitrogens with one attached hydrogen (secondary N) is 2. The highest BCUT2D eigenvalue weighted by Gasteiger charge is 2.10. The normalized spacial score (nSPS) is 14.5. The lowest BCUT2D eigenvalue weighted by atomic mass is 10.2. The molecule has 0 bridgehead atoms. The first-order valence-electron chi connectivity index (χ1n) is 11.4. The number of aromatic nitrogens is 4. The summed E-state index contributed by atoms with van der Waals surface area (Å²) in [5, 5.41) is 7.72. The van der Waals surface area contributed by atoms with Gasteiger partial charge in [-0.25, -0.2) is 9.97 Å². The van der Waals surface area contributed by atoms with Crippen molar-refractivity contribution in [2.75, 3.05) is 43.5 Å². The fraction of sp³-hybridized carbons (Fsp3) is 0.320. The number of rotatable bonds is 8. The number of hydrogen-bond donors (Lipinski definition) is 2. The van der Waals surface area contributed by atoms with Crippen molar-refractivity contribution in [1.29, 1.82) is 0 Å². The summed E-state index contributed by atoms with van der Waals surface area (Å²) in [7, 11) is 0. The zero-order chi connectivity index (χ0) is 22.5. The van der Waals surface area contributed by atoms with Crippen molar-refractivity contribution >= 4 is 34.2 Å². The second-order valence-electron chi connectivity index (χ2n) is 8.34. The monoisotopic (exact) mass is 443 g/mol. The molecule has 33 heavy (non-hydrogen) atoms. The van der Waals surface area contributed by atoms with Crippen LogP contribution in [0, 0.1) is 6.92 Å². The minimum atomic E-state index is 0.504. The Morgan fingerprint density at radius 1 is 0.909 bits per heavy atom. The van der Waals surface area contributed by atoms with Crippen molar-refractivity contribution in [2.45, 2.75) is 19.9 Å². The van der Waals surface area contributed by atoms with Gasteiger partial charge in [0.15, 0.2) is 0 Å². The van der Waals surface area contributed by atoms with E-state index >= 15 is 0 Å². The van der Waals surface area contributed by atoms with Crippen molar-refractivity contribution in [1.82, 2.24) is 24.4 Å². The molecule has 1 fully saturated rings. The van der Waals surface area contributed by atoms with Crippen LogP contribution in [0.15, 0.2) is 61.1 Å². The third kappa shape index (κ3) is 5.47. The van der Waals surface area contributed by atoms with Crippen LogP contribution in [0.4, 0.5) is 23.3 Å². The first-order valence-corrected chi connectivity index (χ1v) is 11.4. The molecule has 2 aromatic carbocycles. The summed E-state index contributed by atoms with van der Waals surface area (Å²) in [5.41, 5.74) is 4.30. The quantitative estimate of drug-likeness (QED) is 0.419. The third-order valence-corrected chi connectivity index (χ3v) is 5.85. The molecule has 8 nitrogen and oxygen atoms in total. The minimum Gasteiger partial charge on any atom is -0.379 e. The van der Waals surface area contributed by atoms with Crippen molar-refractivity contribution in [3.8, 4) is 0 Å². The maximum atomic E-state index is 5.43. The zero-order valence-electron chi connectivity index (χ0n) is 18.9. The Kier molecular flexibility index (Phi) is 6.46. The lowest BCUT2D eigenvalue weighted by Gasteiger charge is -2.26. The van der Waals surface area contributed by atoms with Crippen LogP contribution in [-0.2, 0) is 11.3 Å². The van der Waals surface area contributed by atoms with Gasteiger partial charge in [-0.05, 0) is 55.3 Å². The van der Waals surface area contributed by atoms with E-state index in [1.807, 2.05) is 12.1 Å². The first-order chi connectivity index (χ1) is 16.2. The Balaban J connectivity index is 1.22. The number of benzene rings is 2. The number of fused-ring (bicyclic) bond motifs is 1. The molecule has 3 heterocycles. The Morgan fingerprint density at radius 2 is 1.70 bits per heavy atom. The molecule has 0 atom stereocenters. The molecule has 5 rings (SSSR count). The van der Waals surface area contributed by atoms with E-state index in [-0.39, 0.29) is 0 Å². The van der Waals surface area contributed by atoms with Crippen LogP contribution in [0.3, 0.4) is 0 Å². The summed E-state index contributed by atoms with van der Waals surface area (Å²) in [6, 6.07) is 16.6. The molecule has 0 saturated carbocycles. The number of aryl methyl sites for hydroxylation is 2. The lowest BCUT2D eigenvalue weighted by Crippen LogP contribution is -2.37. The van der Waals surface area contributed by atoms with E-state index < -0.39 is 0 Å². The molecule has 0 unspecified atom stereocenters. The Hall–Kier alpha value is -3.49. The van der Waals surface area contributed by atoms with Crippen molar-refractivity contribution in [2.24, 2.45) is 0 Å². The highest BCUT2D eigenvalue weighted by atomic mass is 16.5. The zero-order valence-corrected chi connectivity index (χ0v) is 18.9. The molecule has 0 amide bonds. The molecule has 1 aliphatic heterocycles. The van der Waals surface area contributed by atoms with Crippen LogP contribution < -0.4 is 10.6 Å². The van der Waals surface area contributed by atoms with Gasteiger partial charge in [0, 0.05) is 54.7 Å². The maximum Gasteiger partial charge on any atom is 0.232 e. The van der Waals surface area contributed by atoms with Gasteiger partial charge < -0.3 is 19.9 Å². The molecule has 4 aromatic rings. The van der Waals surface area contributed by atoms with Crippen LogP contribution in [0.1, 0.15) is 12.0 Å². The largest absolute Gasteiger partial charge is 0.379 e. The predicted molar refractivity (Wildman–Crippen MR) is 131 cm³/mol. The Labute approximate surface area is 193 Å². The summed E-state index contributed by atoms with van der Waals surface area (Å²) < 4.78 is 7.76. The van der Waals surface area contributed by atoms with Crippen LogP contribution in [0.5, 0.6) is 0 Å². The lowest BCUT2D eigenvalue weighted by molar-refractivity contribution is 0.0370. The summed E-state index contributed by atoms with van der Waals surface area (Å²) in [6.07, 6.45) is 4.81. The van der Waals surface area contributed by atoms with Gasteiger partial charge in [0.1, 0.15) is 6.33 Å². The molecular formula is C25H29N7O.